The minimum Gasteiger partial charge on any atom is -0.378 e. The second-order valence-corrected chi connectivity index (χ2v) is 4.57. The summed E-state index contributed by atoms with van der Waals surface area (Å²) in [5, 5.41) is 2.78. The smallest absolute Gasteiger partial charge is 0.317 e. The van der Waals surface area contributed by atoms with E-state index in [0.29, 0.717) is 65.6 Å². The zero-order valence-electron chi connectivity index (χ0n) is 11.1. The maximum atomic E-state index is 11.8. The Bertz CT molecular complexity index is 282. The average molecular weight is 271 g/mol. The summed E-state index contributed by atoms with van der Waals surface area (Å²) < 4.78 is 10.4. The molecule has 0 atom stereocenters. The van der Waals surface area contributed by atoms with Crippen LogP contribution < -0.4 is 5.32 Å². The minimum absolute atomic E-state index is 0.0746. The van der Waals surface area contributed by atoms with Gasteiger partial charge in [-0.2, -0.15) is 0 Å². The third-order valence-electron chi connectivity index (χ3n) is 3.28. The van der Waals surface area contributed by atoms with Gasteiger partial charge in [0.1, 0.15) is 0 Å². The van der Waals surface area contributed by atoms with E-state index >= 15 is 0 Å². The number of ether oxygens (including phenoxy) is 2. The van der Waals surface area contributed by atoms with Crippen LogP contribution in [0.25, 0.3) is 0 Å². The van der Waals surface area contributed by atoms with E-state index in [1.165, 1.54) is 0 Å². The predicted octanol–water partition coefficient (Wildman–Crippen LogP) is -0.723. The van der Waals surface area contributed by atoms with Crippen molar-refractivity contribution in [2.75, 3.05) is 59.2 Å². The van der Waals surface area contributed by atoms with Crippen LogP contribution >= 0.6 is 0 Å². The van der Waals surface area contributed by atoms with Crippen LogP contribution in [0.2, 0.25) is 0 Å². The van der Waals surface area contributed by atoms with Crippen molar-refractivity contribution in [2.24, 2.45) is 0 Å². The van der Waals surface area contributed by atoms with Crippen LogP contribution in [0.4, 0.5) is 4.79 Å². The summed E-state index contributed by atoms with van der Waals surface area (Å²) in [6.45, 7) is 5.28. The van der Waals surface area contributed by atoms with E-state index in [1.54, 1.807) is 9.80 Å². The highest BCUT2D eigenvalue weighted by Gasteiger charge is 2.18. The molecule has 2 fully saturated rings. The van der Waals surface area contributed by atoms with E-state index in [2.05, 4.69) is 5.32 Å². The Morgan fingerprint density at radius 2 is 1.42 bits per heavy atom. The van der Waals surface area contributed by atoms with Gasteiger partial charge in [0.25, 0.3) is 0 Å². The zero-order valence-corrected chi connectivity index (χ0v) is 11.1. The summed E-state index contributed by atoms with van der Waals surface area (Å²) in [5.41, 5.74) is 0. The first-order chi connectivity index (χ1) is 9.27. The molecule has 19 heavy (non-hydrogen) atoms. The van der Waals surface area contributed by atoms with Crippen LogP contribution in [0.3, 0.4) is 0 Å². The molecule has 0 aromatic heterocycles. The number of hydrogen-bond donors (Lipinski definition) is 1. The Labute approximate surface area is 112 Å². The topological polar surface area (TPSA) is 71.1 Å². The second kappa shape index (κ2) is 7.30. The highest BCUT2D eigenvalue weighted by atomic mass is 16.5. The van der Waals surface area contributed by atoms with Crippen LogP contribution in [0.15, 0.2) is 0 Å². The van der Waals surface area contributed by atoms with Crippen molar-refractivity contribution in [3.63, 3.8) is 0 Å². The van der Waals surface area contributed by atoms with Crippen molar-refractivity contribution in [1.82, 2.24) is 15.1 Å². The molecule has 7 nitrogen and oxygen atoms in total. The molecule has 2 aliphatic rings. The second-order valence-electron chi connectivity index (χ2n) is 4.57. The number of nitrogens with zero attached hydrogens (tertiary/aromatic N) is 2. The largest absolute Gasteiger partial charge is 0.378 e. The van der Waals surface area contributed by atoms with Gasteiger partial charge < -0.3 is 24.6 Å². The van der Waals surface area contributed by atoms with E-state index in [9.17, 15) is 9.59 Å². The molecule has 0 bridgehead atoms. The van der Waals surface area contributed by atoms with Gasteiger partial charge in [-0.1, -0.05) is 0 Å². The van der Waals surface area contributed by atoms with Crippen LogP contribution in [-0.4, -0.2) is 80.9 Å². The van der Waals surface area contributed by atoms with Gasteiger partial charge in [0, 0.05) is 39.1 Å². The number of rotatable bonds is 3. The Balaban J connectivity index is 1.62. The minimum atomic E-state index is -0.113. The van der Waals surface area contributed by atoms with Crippen LogP contribution in [0.1, 0.15) is 6.42 Å². The summed E-state index contributed by atoms with van der Waals surface area (Å²) in [6.07, 6.45) is 0.343. The molecule has 0 radical (unpaired) electrons. The first-order valence-corrected chi connectivity index (χ1v) is 6.73. The first-order valence-electron chi connectivity index (χ1n) is 6.73. The van der Waals surface area contributed by atoms with E-state index in [0.717, 1.165) is 0 Å². The molecule has 2 saturated heterocycles. The lowest BCUT2D eigenvalue weighted by atomic mass is 10.3. The van der Waals surface area contributed by atoms with Gasteiger partial charge in [-0.25, -0.2) is 4.79 Å². The fraction of sp³-hybridized carbons (Fsp3) is 0.833. The molecule has 0 aromatic rings. The molecule has 108 valence electrons. The monoisotopic (exact) mass is 271 g/mol. The van der Waals surface area contributed by atoms with Crippen molar-refractivity contribution >= 4 is 11.9 Å². The molecule has 7 heteroatoms. The standard InChI is InChI=1S/C12H21N3O4/c16-11(14-3-7-18-8-4-14)1-2-13-12(17)15-5-9-19-10-6-15/h1-10H2,(H,13,17). The molecule has 0 aliphatic carbocycles. The highest BCUT2D eigenvalue weighted by molar-refractivity contribution is 5.78. The predicted molar refractivity (Wildman–Crippen MR) is 67.8 cm³/mol. The number of amides is 3. The molecule has 0 aromatic carbocycles. The van der Waals surface area contributed by atoms with Gasteiger partial charge in [-0.15, -0.1) is 0 Å². The Hall–Kier alpha value is -1.34. The van der Waals surface area contributed by atoms with Gasteiger partial charge in [0.05, 0.1) is 26.4 Å². The van der Waals surface area contributed by atoms with Crippen LogP contribution in [-0.2, 0) is 14.3 Å². The van der Waals surface area contributed by atoms with Crippen LogP contribution in [0.5, 0.6) is 0 Å². The summed E-state index contributed by atoms with van der Waals surface area (Å²) in [5.74, 6) is 0.0746. The number of carbonyl (C=O) groups excluding carboxylic acids is 2. The van der Waals surface area contributed by atoms with Crippen molar-refractivity contribution < 1.29 is 19.1 Å². The average Bonchev–Trinajstić information content (AvgIpc) is 2.49. The lowest BCUT2D eigenvalue weighted by Gasteiger charge is -2.28. The lowest BCUT2D eigenvalue weighted by molar-refractivity contribution is -0.135. The van der Waals surface area contributed by atoms with Gasteiger partial charge in [-0.05, 0) is 0 Å². The quantitative estimate of drug-likeness (QED) is 0.735. The first kappa shape index (κ1) is 14.1. The number of urea groups is 1. The van der Waals surface area contributed by atoms with Crippen molar-refractivity contribution in [3.8, 4) is 0 Å². The van der Waals surface area contributed by atoms with Crippen molar-refractivity contribution in [3.05, 3.63) is 0 Å². The summed E-state index contributed by atoms with van der Waals surface area (Å²) in [6, 6.07) is -0.113. The third kappa shape index (κ3) is 4.36. The summed E-state index contributed by atoms with van der Waals surface area (Å²) in [7, 11) is 0. The molecule has 1 N–H and O–H groups in total. The summed E-state index contributed by atoms with van der Waals surface area (Å²) in [4.78, 5) is 27.1. The molecule has 0 unspecified atom stereocenters. The molecule has 2 heterocycles. The molecule has 2 aliphatic heterocycles. The third-order valence-corrected chi connectivity index (χ3v) is 3.28. The number of hydrogen-bond acceptors (Lipinski definition) is 4. The molecular formula is C12H21N3O4. The Morgan fingerprint density at radius 1 is 0.895 bits per heavy atom. The van der Waals surface area contributed by atoms with Crippen LogP contribution in [0, 0.1) is 0 Å². The zero-order chi connectivity index (χ0) is 13.5. The number of nitrogens with one attached hydrogen (secondary N) is 1. The number of carbonyl (C=O) groups is 2. The maximum Gasteiger partial charge on any atom is 0.317 e. The van der Waals surface area contributed by atoms with Gasteiger partial charge in [0.15, 0.2) is 0 Å². The van der Waals surface area contributed by atoms with Crippen molar-refractivity contribution in [1.29, 1.82) is 0 Å². The van der Waals surface area contributed by atoms with Gasteiger partial charge >= 0.3 is 6.03 Å². The van der Waals surface area contributed by atoms with E-state index in [4.69, 9.17) is 9.47 Å². The Morgan fingerprint density at radius 3 is 2.00 bits per heavy atom. The SMILES string of the molecule is O=C(CCNC(=O)N1CCOCC1)N1CCOCC1. The highest BCUT2D eigenvalue weighted by Crippen LogP contribution is 2.00. The molecule has 2 rings (SSSR count). The summed E-state index contributed by atoms with van der Waals surface area (Å²) >= 11 is 0. The Kier molecular flexibility index (Phi) is 5.41. The van der Waals surface area contributed by atoms with E-state index in [-0.39, 0.29) is 11.9 Å². The maximum absolute atomic E-state index is 11.8. The van der Waals surface area contributed by atoms with Gasteiger partial charge in [-0.3, -0.25) is 4.79 Å². The lowest BCUT2D eigenvalue weighted by Crippen LogP contribution is -2.47. The molecular weight excluding hydrogens is 250 g/mol. The van der Waals surface area contributed by atoms with E-state index in [1.807, 2.05) is 0 Å². The van der Waals surface area contributed by atoms with Gasteiger partial charge in [0.2, 0.25) is 5.91 Å². The van der Waals surface area contributed by atoms with Crippen molar-refractivity contribution in [2.45, 2.75) is 6.42 Å². The number of morpholine rings is 2. The fourth-order valence-electron chi connectivity index (χ4n) is 2.13. The molecule has 0 spiro atoms. The molecule has 0 saturated carbocycles. The normalized spacial score (nSPS) is 20.2. The van der Waals surface area contributed by atoms with E-state index < -0.39 is 0 Å². The fourth-order valence-corrected chi connectivity index (χ4v) is 2.13. The molecule has 3 amide bonds.